The standard InChI is InChI=1S/C11H13N3O3S/c1-9-3-5-10(6-4-9)18(16,17)13-11(15)14-8-2-7-12-14/h3-7H,2,8H2,1H3,(H,13,15). The van der Waals surface area contributed by atoms with Crippen molar-refractivity contribution in [2.45, 2.75) is 18.2 Å². The zero-order chi connectivity index (χ0) is 13.2. The third kappa shape index (κ3) is 2.67. The molecule has 0 aliphatic carbocycles. The third-order valence-corrected chi connectivity index (χ3v) is 3.81. The summed E-state index contributed by atoms with van der Waals surface area (Å²) in [6.45, 7) is 2.25. The molecule has 18 heavy (non-hydrogen) atoms. The van der Waals surface area contributed by atoms with E-state index in [1.807, 2.05) is 11.6 Å². The molecule has 0 fully saturated rings. The SMILES string of the molecule is Cc1ccc(S(=O)(=O)NC(=O)N2CCC=N2)cc1. The molecule has 0 radical (unpaired) electrons. The summed E-state index contributed by atoms with van der Waals surface area (Å²) < 4.78 is 25.8. The zero-order valence-corrected chi connectivity index (χ0v) is 10.6. The average molecular weight is 267 g/mol. The molecule has 1 aromatic rings. The molecule has 0 bridgehead atoms. The Labute approximate surface area is 105 Å². The lowest BCUT2D eigenvalue weighted by Gasteiger charge is -2.13. The van der Waals surface area contributed by atoms with Gasteiger partial charge in [-0.3, -0.25) is 0 Å². The van der Waals surface area contributed by atoms with Gasteiger partial charge >= 0.3 is 6.03 Å². The van der Waals surface area contributed by atoms with Gasteiger partial charge in [0.15, 0.2) is 0 Å². The Balaban J connectivity index is 2.14. The molecule has 1 aromatic carbocycles. The molecule has 1 aliphatic rings. The molecule has 1 N–H and O–H groups in total. The highest BCUT2D eigenvalue weighted by Gasteiger charge is 2.22. The van der Waals surface area contributed by atoms with Gasteiger partial charge in [0.25, 0.3) is 10.0 Å². The number of hydrazone groups is 1. The fourth-order valence-corrected chi connectivity index (χ4v) is 2.44. The lowest BCUT2D eigenvalue weighted by Crippen LogP contribution is -2.39. The predicted octanol–water partition coefficient (Wildman–Crippen LogP) is 1.08. The topological polar surface area (TPSA) is 78.8 Å². The highest BCUT2D eigenvalue weighted by Crippen LogP contribution is 2.11. The van der Waals surface area contributed by atoms with E-state index in [2.05, 4.69) is 5.10 Å². The molecule has 1 aliphatic heterocycles. The first-order valence-electron chi connectivity index (χ1n) is 5.42. The molecule has 0 saturated heterocycles. The summed E-state index contributed by atoms with van der Waals surface area (Å²) in [6, 6.07) is 5.53. The number of nitrogens with one attached hydrogen (secondary N) is 1. The van der Waals surface area contributed by atoms with E-state index >= 15 is 0 Å². The van der Waals surface area contributed by atoms with Gasteiger partial charge in [-0.2, -0.15) is 5.10 Å². The van der Waals surface area contributed by atoms with Crippen LogP contribution < -0.4 is 4.72 Å². The summed E-state index contributed by atoms with van der Waals surface area (Å²) in [5.74, 6) is 0. The Hall–Kier alpha value is -1.89. The van der Waals surface area contributed by atoms with Crippen LogP contribution in [0.25, 0.3) is 0 Å². The van der Waals surface area contributed by atoms with E-state index in [9.17, 15) is 13.2 Å². The highest BCUT2D eigenvalue weighted by molar-refractivity contribution is 7.90. The summed E-state index contributed by atoms with van der Waals surface area (Å²) in [6.07, 6.45) is 2.20. The van der Waals surface area contributed by atoms with E-state index in [4.69, 9.17) is 0 Å². The first-order chi connectivity index (χ1) is 8.49. The molecular weight excluding hydrogens is 254 g/mol. The van der Waals surface area contributed by atoms with E-state index in [0.717, 1.165) is 10.6 Å². The summed E-state index contributed by atoms with van der Waals surface area (Å²) >= 11 is 0. The minimum Gasteiger partial charge on any atom is -0.246 e. The number of rotatable bonds is 2. The number of sulfonamides is 1. The van der Waals surface area contributed by atoms with Crippen molar-refractivity contribution in [2.24, 2.45) is 5.10 Å². The van der Waals surface area contributed by atoms with Gasteiger partial charge in [0.05, 0.1) is 11.4 Å². The maximum Gasteiger partial charge on any atom is 0.351 e. The Morgan fingerprint density at radius 3 is 2.56 bits per heavy atom. The molecule has 0 atom stereocenters. The van der Waals surface area contributed by atoms with E-state index in [1.165, 1.54) is 12.1 Å². The van der Waals surface area contributed by atoms with Crippen molar-refractivity contribution in [3.8, 4) is 0 Å². The summed E-state index contributed by atoms with van der Waals surface area (Å²) in [5.41, 5.74) is 0.949. The minimum atomic E-state index is -3.83. The molecule has 96 valence electrons. The molecule has 0 aromatic heterocycles. The smallest absolute Gasteiger partial charge is 0.246 e. The molecule has 0 unspecified atom stereocenters. The first-order valence-corrected chi connectivity index (χ1v) is 6.91. The summed E-state index contributed by atoms with van der Waals surface area (Å²) in [4.78, 5) is 11.7. The quantitative estimate of drug-likeness (QED) is 0.871. The number of hydrogen-bond acceptors (Lipinski definition) is 4. The van der Waals surface area contributed by atoms with Gasteiger partial charge in [0.1, 0.15) is 0 Å². The van der Waals surface area contributed by atoms with Crippen molar-refractivity contribution in [3.05, 3.63) is 29.8 Å². The van der Waals surface area contributed by atoms with Gasteiger partial charge in [0.2, 0.25) is 0 Å². The minimum absolute atomic E-state index is 0.0598. The number of nitrogens with zero attached hydrogens (tertiary/aromatic N) is 2. The second kappa shape index (κ2) is 4.77. The molecular formula is C11H13N3O3S. The van der Waals surface area contributed by atoms with Crippen LogP contribution in [0, 0.1) is 6.92 Å². The summed E-state index contributed by atoms with van der Waals surface area (Å²) in [5, 5.41) is 4.85. The molecule has 2 amide bonds. The Morgan fingerprint density at radius 2 is 2.00 bits per heavy atom. The van der Waals surface area contributed by atoms with E-state index in [-0.39, 0.29) is 4.90 Å². The van der Waals surface area contributed by atoms with Gasteiger partial charge in [-0.15, -0.1) is 0 Å². The highest BCUT2D eigenvalue weighted by atomic mass is 32.2. The Bertz CT molecular complexity index is 578. The lowest BCUT2D eigenvalue weighted by molar-refractivity contribution is 0.211. The fraction of sp³-hybridized carbons (Fsp3) is 0.273. The molecule has 2 rings (SSSR count). The third-order valence-electron chi connectivity index (χ3n) is 2.48. The van der Waals surface area contributed by atoms with Crippen LogP contribution in [0.3, 0.4) is 0 Å². The van der Waals surface area contributed by atoms with Gasteiger partial charge in [-0.05, 0) is 19.1 Å². The maximum absolute atomic E-state index is 11.9. The van der Waals surface area contributed by atoms with Crippen LogP contribution in [0.5, 0.6) is 0 Å². The monoisotopic (exact) mass is 267 g/mol. The van der Waals surface area contributed by atoms with Crippen LogP contribution in [0.2, 0.25) is 0 Å². The van der Waals surface area contributed by atoms with Crippen LogP contribution in [-0.4, -0.2) is 32.2 Å². The van der Waals surface area contributed by atoms with Crippen LogP contribution in [0.1, 0.15) is 12.0 Å². The van der Waals surface area contributed by atoms with Crippen molar-refractivity contribution in [2.75, 3.05) is 6.54 Å². The van der Waals surface area contributed by atoms with Gasteiger partial charge in [-0.1, -0.05) is 17.7 Å². The normalized spacial score (nSPS) is 14.8. The van der Waals surface area contributed by atoms with Crippen molar-refractivity contribution >= 4 is 22.3 Å². The van der Waals surface area contributed by atoms with Crippen LogP contribution >= 0.6 is 0 Å². The van der Waals surface area contributed by atoms with E-state index in [1.54, 1.807) is 18.3 Å². The van der Waals surface area contributed by atoms with Crippen LogP contribution in [0.4, 0.5) is 4.79 Å². The first kappa shape index (κ1) is 12.6. The largest absolute Gasteiger partial charge is 0.351 e. The van der Waals surface area contributed by atoms with Crippen molar-refractivity contribution in [1.82, 2.24) is 9.73 Å². The molecule has 6 nitrogen and oxygen atoms in total. The molecule has 0 spiro atoms. The second-order valence-electron chi connectivity index (χ2n) is 3.93. The fourth-order valence-electron chi connectivity index (χ4n) is 1.49. The number of urea groups is 1. The second-order valence-corrected chi connectivity index (χ2v) is 5.62. The van der Waals surface area contributed by atoms with Crippen LogP contribution in [-0.2, 0) is 10.0 Å². The number of benzene rings is 1. The Morgan fingerprint density at radius 1 is 1.33 bits per heavy atom. The molecule has 1 heterocycles. The molecule has 0 saturated carbocycles. The number of hydrogen-bond donors (Lipinski definition) is 1. The van der Waals surface area contributed by atoms with Gasteiger partial charge in [-0.25, -0.2) is 22.9 Å². The number of aryl methyl sites for hydroxylation is 1. The maximum atomic E-state index is 11.9. The lowest BCUT2D eigenvalue weighted by atomic mass is 10.2. The number of carbonyl (C=O) groups excluding carboxylic acids is 1. The van der Waals surface area contributed by atoms with Gasteiger partial charge < -0.3 is 0 Å². The van der Waals surface area contributed by atoms with Gasteiger partial charge in [0, 0.05) is 12.6 Å². The van der Waals surface area contributed by atoms with Crippen molar-refractivity contribution in [1.29, 1.82) is 0 Å². The molecule has 7 heteroatoms. The predicted molar refractivity (Wildman–Crippen MR) is 66.7 cm³/mol. The van der Waals surface area contributed by atoms with Crippen molar-refractivity contribution < 1.29 is 13.2 Å². The number of amides is 2. The van der Waals surface area contributed by atoms with E-state index in [0.29, 0.717) is 13.0 Å². The number of carbonyl (C=O) groups is 1. The zero-order valence-electron chi connectivity index (χ0n) is 9.83. The Kier molecular flexibility index (Phi) is 3.33. The van der Waals surface area contributed by atoms with Crippen LogP contribution in [0.15, 0.2) is 34.3 Å². The van der Waals surface area contributed by atoms with Crippen molar-refractivity contribution in [3.63, 3.8) is 0 Å². The summed E-state index contributed by atoms with van der Waals surface area (Å²) in [7, 11) is -3.83. The van der Waals surface area contributed by atoms with E-state index < -0.39 is 16.1 Å². The average Bonchev–Trinajstić information content (AvgIpc) is 2.82.